The molecule has 0 amide bonds. The Balaban J connectivity index is 1.26. The van der Waals surface area contributed by atoms with Gasteiger partial charge in [-0.3, -0.25) is 0 Å². The number of imidazole rings is 1. The van der Waals surface area contributed by atoms with Gasteiger partial charge in [0, 0.05) is 23.4 Å². The Morgan fingerprint density at radius 3 is 2.83 bits per heavy atom. The number of methoxy groups -OCH3 is 2. The lowest BCUT2D eigenvalue weighted by molar-refractivity contribution is 0.106. The van der Waals surface area contributed by atoms with E-state index in [1.54, 1.807) is 36.3 Å². The Bertz CT molecular complexity index is 1450. The summed E-state index contributed by atoms with van der Waals surface area (Å²) in [7, 11) is 3.19. The van der Waals surface area contributed by atoms with Crippen molar-refractivity contribution >= 4 is 38.6 Å². The van der Waals surface area contributed by atoms with Crippen molar-refractivity contribution in [2.75, 3.05) is 14.2 Å². The smallest absolute Gasteiger partial charge is 0.294 e. The molecule has 0 aliphatic heterocycles. The number of benzene rings is 1. The molecule has 35 heavy (non-hydrogen) atoms. The summed E-state index contributed by atoms with van der Waals surface area (Å²) in [5, 5.41) is 19.1. The SMILES string of the molecule is COc1cc(OCc2csc(C3CCCCC3O)n2)c2cc(-c3cn4nc(OC)sc4n3)oc2c1. The number of aromatic nitrogens is 4. The fourth-order valence-electron chi connectivity index (χ4n) is 4.44. The monoisotopic (exact) mass is 512 g/mol. The van der Waals surface area contributed by atoms with Gasteiger partial charge < -0.3 is 23.7 Å². The van der Waals surface area contributed by atoms with Gasteiger partial charge in [-0.1, -0.05) is 12.8 Å². The number of thiazole rings is 1. The normalized spacial score (nSPS) is 18.4. The van der Waals surface area contributed by atoms with Crippen LogP contribution in [-0.4, -0.2) is 45.0 Å². The van der Waals surface area contributed by atoms with E-state index in [1.165, 1.54) is 11.3 Å². The Morgan fingerprint density at radius 2 is 2.03 bits per heavy atom. The van der Waals surface area contributed by atoms with Crippen molar-refractivity contribution in [3.63, 3.8) is 0 Å². The third-order valence-corrected chi connectivity index (χ3v) is 8.16. The maximum atomic E-state index is 10.4. The molecule has 2 atom stereocenters. The molecule has 1 saturated carbocycles. The molecule has 5 aromatic rings. The molecule has 0 spiro atoms. The van der Waals surface area contributed by atoms with Crippen LogP contribution in [0.1, 0.15) is 42.3 Å². The molecular formula is C24H24N4O5S2. The summed E-state index contributed by atoms with van der Waals surface area (Å²) in [5.41, 5.74) is 2.15. The van der Waals surface area contributed by atoms with Crippen molar-refractivity contribution in [1.29, 1.82) is 0 Å². The Kier molecular flexibility index (Phi) is 5.83. The lowest BCUT2D eigenvalue weighted by Gasteiger charge is -2.25. The van der Waals surface area contributed by atoms with E-state index < -0.39 is 0 Å². The average Bonchev–Trinajstić information content (AvgIpc) is 3.64. The third-order valence-electron chi connectivity index (χ3n) is 6.25. The minimum Gasteiger partial charge on any atom is -0.496 e. The topological polar surface area (TPSA) is 104 Å². The molecule has 0 bridgehead atoms. The van der Waals surface area contributed by atoms with Gasteiger partial charge in [0.1, 0.15) is 29.4 Å². The number of nitrogens with zero attached hydrogens (tertiary/aromatic N) is 4. The van der Waals surface area contributed by atoms with Gasteiger partial charge in [0.15, 0.2) is 5.76 Å². The second kappa shape index (κ2) is 9.14. The quantitative estimate of drug-likeness (QED) is 0.314. The number of hydrogen-bond acceptors (Lipinski definition) is 10. The van der Waals surface area contributed by atoms with Gasteiger partial charge in [0.05, 0.1) is 42.6 Å². The molecule has 1 fully saturated rings. The zero-order valence-electron chi connectivity index (χ0n) is 19.3. The highest BCUT2D eigenvalue weighted by molar-refractivity contribution is 7.18. The zero-order chi connectivity index (χ0) is 23.9. The van der Waals surface area contributed by atoms with Crippen LogP contribution in [0.25, 0.3) is 27.4 Å². The molecule has 2 unspecified atom stereocenters. The van der Waals surface area contributed by atoms with E-state index in [2.05, 4.69) is 10.1 Å². The number of fused-ring (bicyclic) bond motifs is 2. The highest BCUT2D eigenvalue weighted by atomic mass is 32.1. The second-order valence-corrected chi connectivity index (χ2v) is 10.3. The molecule has 9 nitrogen and oxygen atoms in total. The van der Waals surface area contributed by atoms with E-state index in [0.29, 0.717) is 45.3 Å². The van der Waals surface area contributed by atoms with Crippen LogP contribution in [0.4, 0.5) is 0 Å². The van der Waals surface area contributed by atoms with Crippen molar-refractivity contribution < 1.29 is 23.7 Å². The second-order valence-electron chi connectivity index (χ2n) is 8.50. The number of hydrogen-bond donors (Lipinski definition) is 1. The lowest BCUT2D eigenvalue weighted by atomic mass is 9.87. The summed E-state index contributed by atoms with van der Waals surface area (Å²) in [6.07, 6.45) is 5.55. The molecule has 0 saturated heterocycles. The molecule has 6 rings (SSSR count). The van der Waals surface area contributed by atoms with Crippen LogP contribution < -0.4 is 14.2 Å². The number of ether oxygens (including phenoxy) is 3. The largest absolute Gasteiger partial charge is 0.496 e. The summed E-state index contributed by atoms with van der Waals surface area (Å²) in [6.45, 7) is 0.312. The predicted octanol–water partition coefficient (Wildman–Crippen LogP) is 5.28. The summed E-state index contributed by atoms with van der Waals surface area (Å²) >= 11 is 2.95. The number of rotatable bonds is 7. The molecule has 1 aromatic carbocycles. The van der Waals surface area contributed by atoms with Crippen molar-refractivity contribution in [1.82, 2.24) is 19.6 Å². The van der Waals surface area contributed by atoms with Crippen LogP contribution in [0.5, 0.6) is 16.7 Å². The maximum absolute atomic E-state index is 10.4. The summed E-state index contributed by atoms with van der Waals surface area (Å²) < 4.78 is 24.6. The highest BCUT2D eigenvalue weighted by Crippen LogP contribution is 2.38. The number of aliphatic hydroxyl groups is 1. The fraction of sp³-hybridized carbons (Fsp3) is 0.375. The molecule has 4 heterocycles. The van der Waals surface area contributed by atoms with Gasteiger partial charge in [-0.05, 0) is 30.2 Å². The number of aliphatic hydroxyl groups excluding tert-OH is 1. The first-order valence-electron chi connectivity index (χ1n) is 11.4. The maximum Gasteiger partial charge on any atom is 0.294 e. The van der Waals surface area contributed by atoms with Crippen LogP contribution in [-0.2, 0) is 6.61 Å². The van der Waals surface area contributed by atoms with Crippen molar-refractivity contribution in [3.05, 3.63) is 40.5 Å². The van der Waals surface area contributed by atoms with E-state index in [4.69, 9.17) is 23.6 Å². The van der Waals surface area contributed by atoms with Gasteiger partial charge in [0.2, 0.25) is 4.96 Å². The van der Waals surface area contributed by atoms with Gasteiger partial charge in [-0.25, -0.2) is 14.5 Å². The Labute approximate surface area is 208 Å². The molecule has 4 aromatic heterocycles. The van der Waals surface area contributed by atoms with E-state index in [0.717, 1.165) is 41.8 Å². The van der Waals surface area contributed by atoms with Gasteiger partial charge in [-0.15, -0.1) is 16.4 Å². The summed E-state index contributed by atoms with van der Waals surface area (Å²) in [5.74, 6) is 2.01. The predicted molar refractivity (Wildman–Crippen MR) is 133 cm³/mol. The van der Waals surface area contributed by atoms with Crippen LogP contribution >= 0.6 is 22.7 Å². The summed E-state index contributed by atoms with van der Waals surface area (Å²) in [4.78, 5) is 10.1. The van der Waals surface area contributed by atoms with Gasteiger partial charge in [0.25, 0.3) is 5.19 Å². The van der Waals surface area contributed by atoms with Gasteiger partial charge in [-0.2, -0.15) is 0 Å². The molecule has 1 aliphatic rings. The third kappa shape index (κ3) is 4.24. The number of furan rings is 1. The Morgan fingerprint density at radius 1 is 1.14 bits per heavy atom. The van der Waals surface area contributed by atoms with Crippen LogP contribution in [0.15, 0.2) is 34.2 Å². The van der Waals surface area contributed by atoms with E-state index in [9.17, 15) is 5.11 Å². The molecule has 0 radical (unpaired) electrons. The standard InChI is InChI=1S/C24H24N4O5S2/c1-30-14-7-19(32-11-13-12-34-22(25-13)15-5-3-4-6-18(15)29)16-9-21(33-20(16)8-14)17-10-28-23(26-17)35-24(27-28)31-2/h7-10,12,15,18,29H,3-6,11H2,1-2H3. The van der Waals surface area contributed by atoms with Crippen LogP contribution in [0.3, 0.4) is 0 Å². The molecule has 11 heteroatoms. The summed E-state index contributed by atoms with van der Waals surface area (Å²) in [6, 6.07) is 5.59. The minimum absolute atomic E-state index is 0.126. The highest BCUT2D eigenvalue weighted by Gasteiger charge is 2.27. The Hall–Kier alpha value is -3.15. The molecule has 182 valence electrons. The molecular weight excluding hydrogens is 488 g/mol. The van der Waals surface area contributed by atoms with Crippen molar-refractivity contribution in [2.24, 2.45) is 0 Å². The fourth-order valence-corrected chi connectivity index (χ4v) is 6.14. The molecule has 1 N–H and O–H groups in total. The van der Waals surface area contributed by atoms with Gasteiger partial charge >= 0.3 is 0 Å². The van der Waals surface area contributed by atoms with Crippen molar-refractivity contribution in [3.8, 4) is 28.1 Å². The first kappa shape index (κ1) is 22.3. The minimum atomic E-state index is -0.305. The molecule has 1 aliphatic carbocycles. The average molecular weight is 513 g/mol. The zero-order valence-corrected chi connectivity index (χ0v) is 20.9. The van der Waals surface area contributed by atoms with Crippen LogP contribution in [0.2, 0.25) is 0 Å². The lowest BCUT2D eigenvalue weighted by Crippen LogP contribution is -2.22. The van der Waals surface area contributed by atoms with Crippen LogP contribution in [0, 0.1) is 0 Å². The first-order chi connectivity index (χ1) is 17.1. The van der Waals surface area contributed by atoms with E-state index in [1.807, 2.05) is 23.6 Å². The van der Waals surface area contributed by atoms with E-state index >= 15 is 0 Å². The van der Waals surface area contributed by atoms with E-state index in [-0.39, 0.29) is 12.0 Å². The first-order valence-corrected chi connectivity index (χ1v) is 13.1. The van der Waals surface area contributed by atoms with Crippen molar-refractivity contribution in [2.45, 2.75) is 44.3 Å².